The molecule has 0 fully saturated rings. The lowest BCUT2D eigenvalue weighted by Crippen LogP contribution is -2.38. The fraction of sp³-hybridized carbons (Fsp3) is 0.562. The quantitative estimate of drug-likeness (QED) is 0.600. The first-order valence-electron chi connectivity index (χ1n) is 7.95. The molecule has 0 unspecified atom stereocenters. The minimum absolute atomic E-state index is 0.726. The summed E-state index contributed by atoms with van der Waals surface area (Å²) in [5, 5.41) is 13.8. The Labute approximate surface area is 141 Å². The number of rotatable bonds is 7. The lowest BCUT2D eigenvalue weighted by atomic mass is 10.1. The molecule has 0 aliphatic carbocycles. The molecule has 0 amide bonds. The van der Waals surface area contributed by atoms with Crippen LogP contribution in [0.25, 0.3) is 0 Å². The molecule has 126 valence electrons. The van der Waals surface area contributed by atoms with Crippen molar-refractivity contribution in [1.29, 1.82) is 0 Å². The maximum atomic E-state index is 5.19. The SMILES string of the molecule is CCNC(=NCCc1csc(C)n1)NCCc1c(C)noc1C. The number of hydrogen-bond acceptors (Lipinski definition) is 5. The van der Waals surface area contributed by atoms with E-state index in [1.165, 1.54) is 5.56 Å². The van der Waals surface area contributed by atoms with Gasteiger partial charge < -0.3 is 15.2 Å². The number of nitrogens with one attached hydrogen (secondary N) is 2. The van der Waals surface area contributed by atoms with Gasteiger partial charge in [0.25, 0.3) is 0 Å². The van der Waals surface area contributed by atoms with Gasteiger partial charge >= 0.3 is 0 Å². The van der Waals surface area contributed by atoms with Crippen LogP contribution in [-0.2, 0) is 12.8 Å². The second kappa shape index (κ2) is 8.67. The lowest BCUT2D eigenvalue weighted by molar-refractivity contribution is 0.392. The van der Waals surface area contributed by atoms with E-state index < -0.39 is 0 Å². The molecule has 0 aliphatic rings. The molecule has 0 bridgehead atoms. The topological polar surface area (TPSA) is 75.3 Å². The summed E-state index contributed by atoms with van der Waals surface area (Å²) in [6, 6.07) is 0. The minimum atomic E-state index is 0.726. The van der Waals surface area contributed by atoms with Crippen LogP contribution in [0.5, 0.6) is 0 Å². The Morgan fingerprint density at radius 2 is 2.09 bits per heavy atom. The molecule has 0 aromatic carbocycles. The molecule has 0 spiro atoms. The van der Waals surface area contributed by atoms with Gasteiger partial charge in [0, 0.05) is 37.0 Å². The molecule has 0 atom stereocenters. The van der Waals surface area contributed by atoms with Crippen LogP contribution < -0.4 is 10.6 Å². The zero-order valence-corrected chi connectivity index (χ0v) is 15.1. The highest BCUT2D eigenvalue weighted by Gasteiger charge is 2.08. The summed E-state index contributed by atoms with van der Waals surface area (Å²) in [6.45, 7) is 10.4. The smallest absolute Gasteiger partial charge is 0.191 e. The molecule has 0 aliphatic heterocycles. The summed E-state index contributed by atoms with van der Waals surface area (Å²) in [6.07, 6.45) is 1.74. The van der Waals surface area contributed by atoms with E-state index in [4.69, 9.17) is 4.52 Å². The summed E-state index contributed by atoms with van der Waals surface area (Å²) < 4.78 is 5.19. The van der Waals surface area contributed by atoms with Crippen LogP contribution >= 0.6 is 11.3 Å². The first kappa shape index (κ1) is 17.5. The number of thiazole rings is 1. The third-order valence-electron chi connectivity index (χ3n) is 3.50. The van der Waals surface area contributed by atoms with Crippen molar-refractivity contribution in [2.24, 2.45) is 4.99 Å². The molecule has 2 aromatic rings. The van der Waals surface area contributed by atoms with Crippen molar-refractivity contribution < 1.29 is 4.52 Å². The van der Waals surface area contributed by atoms with Crippen molar-refractivity contribution in [3.8, 4) is 0 Å². The molecule has 2 aromatic heterocycles. The van der Waals surface area contributed by atoms with E-state index in [1.54, 1.807) is 11.3 Å². The van der Waals surface area contributed by atoms with Crippen LogP contribution in [0.4, 0.5) is 0 Å². The average molecular weight is 335 g/mol. The Bertz CT molecular complexity index is 627. The van der Waals surface area contributed by atoms with Crippen molar-refractivity contribution in [3.63, 3.8) is 0 Å². The van der Waals surface area contributed by atoms with Crippen molar-refractivity contribution >= 4 is 17.3 Å². The van der Waals surface area contributed by atoms with E-state index in [1.807, 2.05) is 20.8 Å². The third-order valence-corrected chi connectivity index (χ3v) is 4.32. The van der Waals surface area contributed by atoms with Gasteiger partial charge in [-0.05, 0) is 34.1 Å². The van der Waals surface area contributed by atoms with Crippen LogP contribution in [0.1, 0.15) is 34.6 Å². The number of guanidine groups is 1. The van der Waals surface area contributed by atoms with E-state index in [-0.39, 0.29) is 0 Å². The Morgan fingerprint density at radius 3 is 2.70 bits per heavy atom. The highest BCUT2D eigenvalue weighted by Crippen LogP contribution is 2.12. The van der Waals surface area contributed by atoms with Gasteiger partial charge in [-0.3, -0.25) is 4.99 Å². The molecule has 6 nitrogen and oxygen atoms in total. The zero-order chi connectivity index (χ0) is 16.7. The molecule has 23 heavy (non-hydrogen) atoms. The van der Waals surface area contributed by atoms with Gasteiger partial charge in [0.1, 0.15) is 5.76 Å². The Kier molecular flexibility index (Phi) is 6.58. The normalized spacial score (nSPS) is 11.7. The van der Waals surface area contributed by atoms with E-state index in [9.17, 15) is 0 Å². The molecule has 2 rings (SSSR count). The summed E-state index contributed by atoms with van der Waals surface area (Å²) in [4.78, 5) is 9.06. The maximum Gasteiger partial charge on any atom is 0.191 e. The van der Waals surface area contributed by atoms with Crippen LogP contribution in [0.15, 0.2) is 14.9 Å². The van der Waals surface area contributed by atoms with Crippen molar-refractivity contribution in [2.75, 3.05) is 19.6 Å². The molecule has 0 saturated heterocycles. The fourth-order valence-electron chi connectivity index (χ4n) is 2.31. The minimum Gasteiger partial charge on any atom is -0.361 e. The van der Waals surface area contributed by atoms with Crippen LogP contribution in [0.3, 0.4) is 0 Å². The molecule has 2 heterocycles. The number of hydrogen-bond donors (Lipinski definition) is 2. The van der Waals surface area contributed by atoms with Gasteiger partial charge in [-0.25, -0.2) is 4.98 Å². The molecule has 0 saturated carbocycles. The van der Waals surface area contributed by atoms with Gasteiger partial charge in [-0.15, -0.1) is 11.3 Å². The molecular weight excluding hydrogens is 310 g/mol. The number of nitrogens with zero attached hydrogens (tertiary/aromatic N) is 3. The summed E-state index contributed by atoms with van der Waals surface area (Å²) >= 11 is 1.68. The summed E-state index contributed by atoms with van der Waals surface area (Å²) in [5.74, 6) is 1.73. The number of aryl methyl sites for hydroxylation is 3. The fourth-order valence-corrected chi connectivity index (χ4v) is 2.96. The third kappa shape index (κ3) is 5.35. The standard InChI is InChI=1S/C16H25N5OS/c1-5-17-16(18-8-6-14-10-23-13(4)20-14)19-9-7-15-11(2)21-22-12(15)3/h10H,5-9H2,1-4H3,(H2,17,18,19). The first-order chi connectivity index (χ1) is 11.1. The lowest BCUT2D eigenvalue weighted by Gasteiger charge is -2.11. The number of aromatic nitrogens is 2. The first-order valence-corrected chi connectivity index (χ1v) is 8.83. The Balaban J connectivity index is 1.81. The number of aliphatic imine (C=N–C) groups is 1. The second-order valence-electron chi connectivity index (χ2n) is 5.35. The molecule has 0 radical (unpaired) electrons. The van der Waals surface area contributed by atoms with Gasteiger partial charge in [-0.2, -0.15) is 0 Å². The predicted molar refractivity (Wildman–Crippen MR) is 94.2 cm³/mol. The zero-order valence-electron chi connectivity index (χ0n) is 14.3. The van der Waals surface area contributed by atoms with E-state index in [2.05, 4.69) is 38.1 Å². The predicted octanol–water partition coefficient (Wildman–Crippen LogP) is 2.40. The summed E-state index contributed by atoms with van der Waals surface area (Å²) in [5.41, 5.74) is 3.25. The van der Waals surface area contributed by atoms with Gasteiger partial charge in [0.15, 0.2) is 5.96 Å². The van der Waals surface area contributed by atoms with E-state index in [0.717, 1.165) is 60.6 Å². The summed E-state index contributed by atoms with van der Waals surface area (Å²) in [7, 11) is 0. The van der Waals surface area contributed by atoms with Crippen LogP contribution in [0, 0.1) is 20.8 Å². The Morgan fingerprint density at radius 1 is 1.26 bits per heavy atom. The maximum absolute atomic E-state index is 5.19. The van der Waals surface area contributed by atoms with Gasteiger partial charge in [0.2, 0.25) is 0 Å². The van der Waals surface area contributed by atoms with Gasteiger partial charge in [0.05, 0.1) is 16.4 Å². The molecule has 7 heteroatoms. The van der Waals surface area contributed by atoms with Crippen LogP contribution in [0.2, 0.25) is 0 Å². The monoisotopic (exact) mass is 335 g/mol. The van der Waals surface area contributed by atoms with Crippen LogP contribution in [-0.4, -0.2) is 35.7 Å². The van der Waals surface area contributed by atoms with Crippen molar-refractivity contribution in [1.82, 2.24) is 20.8 Å². The second-order valence-corrected chi connectivity index (χ2v) is 6.41. The van der Waals surface area contributed by atoms with E-state index in [0.29, 0.717) is 0 Å². The van der Waals surface area contributed by atoms with Crippen molar-refractivity contribution in [2.45, 2.75) is 40.5 Å². The largest absolute Gasteiger partial charge is 0.361 e. The molecule has 2 N–H and O–H groups in total. The molecular formula is C16H25N5OS. The van der Waals surface area contributed by atoms with Crippen molar-refractivity contribution in [3.05, 3.63) is 33.1 Å². The van der Waals surface area contributed by atoms with Gasteiger partial charge in [-0.1, -0.05) is 5.16 Å². The Hall–Kier alpha value is -1.89. The average Bonchev–Trinajstić information content (AvgIpc) is 3.07. The van der Waals surface area contributed by atoms with E-state index >= 15 is 0 Å². The highest BCUT2D eigenvalue weighted by atomic mass is 32.1. The highest BCUT2D eigenvalue weighted by molar-refractivity contribution is 7.09.